The largest absolute Gasteiger partial charge is 0.487 e. The van der Waals surface area contributed by atoms with Crippen molar-refractivity contribution in [3.8, 4) is 17.6 Å². The molecule has 31 heavy (non-hydrogen) atoms. The first-order valence-electron chi connectivity index (χ1n) is 11.3. The van der Waals surface area contributed by atoms with Crippen molar-refractivity contribution in [3.63, 3.8) is 0 Å². The van der Waals surface area contributed by atoms with Crippen LogP contribution in [-0.4, -0.2) is 68.7 Å². The van der Waals surface area contributed by atoms with Gasteiger partial charge in [-0.2, -0.15) is 4.31 Å². The molecule has 2 aliphatic rings. The zero-order chi connectivity index (χ0) is 22.6. The molecule has 0 spiro atoms. The lowest BCUT2D eigenvalue weighted by Crippen LogP contribution is -2.49. The molecule has 172 valence electrons. The SMILES string of the molecule is C[C@@H]1CN([C@@H](C)CO)S(=O)(=O)c2ccc(C#CC3CCCCC3)cc2O[C@H]1CN(C)C. The van der Waals surface area contributed by atoms with Crippen molar-refractivity contribution in [2.75, 3.05) is 33.8 Å². The van der Waals surface area contributed by atoms with E-state index in [0.717, 1.165) is 18.4 Å². The Morgan fingerprint density at radius 3 is 2.61 bits per heavy atom. The second-order valence-electron chi connectivity index (χ2n) is 9.27. The monoisotopic (exact) mass is 448 g/mol. The Labute approximate surface area is 187 Å². The van der Waals surface area contributed by atoms with Gasteiger partial charge in [0, 0.05) is 36.5 Å². The highest BCUT2D eigenvalue weighted by Gasteiger charge is 2.37. The van der Waals surface area contributed by atoms with Crippen LogP contribution in [0.2, 0.25) is 0 Å². The molecule has 1 aromatic rings. The lowest BCUT2D eigenvalue weighted by molar-refractivity contribution is 0.0812. The van der Waals surface area contributed by atoms with Crippen molar-refractivity contribution in [1.29, 1.82) is 0 Å². The van der Waals surface area contributed by atoms with Crippen molar-refractivity contribution >= 4 is 10.0 Å². The molecule has 0 saturated heterocycles. The number of nitrogens with zero attached hydrogens (tertiary/aromatic N) is 2. The normalized spacial score (nSPS) is 25.5. The van der Waals surface area contributed by atoms with Crippen LogP contribution in [0.3, 0.4) is 0 Å². The number of ether oxygens (including phenoxy) is 1. The van der Waals surface area contributed by atoms with Gasteiger partial charge in [-0.15, -0.1) is 0 Å². The summed E-state index contributed by atoms with van der Waals surface area (Å²) in [6.07, 6.45) is 5.84. The average Bonchev–Trinajstić information content (AvgIpc) is 2.74. The summed E-state index contributed by atoms with van der Waals surface area (Å²) in [7, 11) is 0.153. The number of likely N-dealkylation sites (N-methyl/N-ethyl adjacent to an activating group) is 1. The van der Waals surface area contributed by atoms with Crippen molar-refractivity contribution in [3.05, 3.63) is 23.8 Å². The summed E-state index contributed by atoms with van der Waals surface area (Å²) in [6, 6.07) is 4.63. The molecule has 1 saturated carbocycles. The van der Waals surface area contributed by atoms with Gasteiger partial charge in [0.1, 0.15) is 16.7 Å². The van der Waals surface area contributed by atoms with E-state index in [2.05, 4.69) is 11.8 Å². The van der Waals surface area contributed by atoms with E-state index < -0.39 is 16.1 Å². The number of aliphatic hydroxyl groups is 1. The van der Waals surface area contributed by atoms with Gasteiger partial charge in [-0.1, -0.05) is 38.0 Å². The number of fused-ring (bicyclic) bond motifs is 1. The van der Waals surface area contributed by atoms with Crippen molar-refractivity contribution in [2.24, 2.45) is 11.8 Å². The quantitative estimate of drug-likeness (QED) is 0.717. The zero-order valence-electron chi connectivity index (χ0n) is 19.2. The van der Waals surface area contributed by atoms with E-state index in [-0.39, 0.29) is 23.5 Å². The predicted octanol–water partition coefficient (Wildman–Crippen LogP) is 2.95. The van der Waals surface area contributed by atoms with Gasteiger partial charge in [-0.3, -0.25) is 0 Å². The summed E-state index contributed by atoms with van der Waals surface area (Å²) in [5.41, 5.74) is 0.776. The molecule has 3 atom stereocenters. The van der Waals surface area contributed by atoms with Gasteiger partial charge >= 0.3 is 0 Å². The molecule has 1 heterocycles. The van der Waals surface area contributed by atoms with E-state index >= 15 is 0 Å². The first-order chi connectivity index (χ1) is 14.7. The van der Waals surface area contributed by atoms with E-state index in [9.17, 15) is 13.5 Å². The molecule has 0 radical (unpaired) electrons. The van der Waals surface area contributed by atoms with Crippen molar-refractivity contribution in [2.45, 2.75) is 63.0 Å². The maximum atomic E-state index is 13.5. The molecule has 0 amide bonds. The van der Waals surface area contributed by atoms with E-state index in [0.29, 0.717) is 24.8 Å². The lowest BCUT2D eigenvalue weighted by atomic mass is 9.90. The second-order valence-corrected chi connectivity index (χ2v) is 11.1. The van der Waals surface area contributed by atoms with E-state index in [1.807, 2.05) is 25.9 Å². The fourth-order valence-electron chi connectivity index (χ4n) is 4.31. The highest BCUT2D eigenvalue weighted by atomic mass is 32.2. The zero-order valence-corrected chi connectivity index (χ0v) is 20.0. The number of benzene rings is 1. The predicted molar refractivity (Wildman–Crippen MR) is 122 cm³/mol. The van der Waals surface area contributed by atoms with Crippen LogP contribution in [0, 0.1) is 23.7 Å². The Morgan fingerprint density at radius 2 is 1.97 bits per heavy atom. The van der Waals surface area contributed by atoms with Gasteiger partial charge in [-0.25, -0.2) is 8.42 Å². The fraction of sp³-hybridized carbons (Fsp3) is 0.667. The number of sulfonamides is 1. The summed E-state index contributed by atoms with van der Waals surface area (Å²) >= 11 is 0. The van der Waals surface area contributed by atoms with Crippen LogP contribution in [0.1, 0.15) is 51.5 Å². The third kappa shape index (κ3) is 5.81. The standard InChI is InChI=1S/C24H36N2O4S/c1-18-15-26(19(2)17-27)31(28,29)24-13-12-21(11-10-20-8-6-5-7-9-20)14-22(24)30-23(18)16-25(3)4/h12-14,18-20,23,27H,5-9,15-17H2,1-4H3/t18-,19+,23+/m1/s1. The van der Waals surface area contributed by atoms with E-state index in [4.69, 9.17) is 4.74 Å². The number of rotatable bonds is 4. The van der Waals surface area contributed by atoms with Crippen LogP contribution in [-0.2, 0) is 10.0 Å². The Kier molecular flexibility index (Phi) is 8.03. The molecule has 1 N–H and O–H groups in total. The van der Waals surface area contributed by atoms with Crippen LogP contribution in [0.4, 0.5) is 0 Å². The summed E-state index contributed by atoms with van der Waals surface area (Å²) in [6.45, 7) is 4.46. The maximum Gasteiger partial charge on any atom is 0.247 e. The molecular formula is C24H36N2O4S. The Bertz CT molecular complexity index is 913. The van der Waals surface area contributed by atoms with Gasteiger partial charge < -0.3 is 14.7 Å². The van der Waals surface area contributed by atoms with Crippen LogP contribution >= 0.6 is 0 Å². The third-order valence-electron chi connectivity index (χ3n) is 6.24. The van der Waals surface area contributed by atoms with E-state index in [1.54, 1.807) is 25.1 Å². The maximum absolute atomic E-state index is 13.5. The molecule has 7 heteroatoms. The minimum atomic E-state index is -3.80. The van der Waals surface area contributed by atoms with Gasteiger partial charge in [-0.05, 0) is 52.1 Å². The molecule has 1 aromatic carbocycles. The van der Waals surface area contributed by atoms with Crippen molar-refractivity contribution < 1.29 is 18.3 Å². The topological polar surface area (TPSA) is 70.1 Å². The highest BCUT2D eigenvalue weighted by Crippen LogP contribution is 2.34. The minimum Gasteiger partial charge on any atom is -0.487 e. The van der Waals surface area contributed by atoms with Crippen molar-refractivity contribution in [1.82, 2.24) is 9.21 Å². The molecule has 1 aliphatic carbocycles. The van der Waals surface area contributed by atoms with Crippen LogP contribution in [0.5, 0.6) is 5.75 Å². The summed E-state index contributed by atoms with van der Waals surface area (Å²) in [5.74, 6) is 7.35. The average molecular weight is 449 g/mol. The van der Waals surface area contributed by atoms with Crippen LogP contribution < -0.4 is 4.74 Å². The molecule has 0 unspecified atom stereocenters. The number of hydrogen-bond donors (Lipinski definition) is 1. The van der Waals surface area contributed by atoms with Crippen LogP contribution in [0.25, 0.3) is 0 Å². The first kappa shape index (κ1) is 24.1. The van der Waals surface area contributed by atoms with Crippen LogP contribution in [0.15, 0.2) is 23.1 Å². The Morgan fingerprint density at radius 1 is 1.26 bits per heavy atom. The summed E-state index contributed by atoms with van der Waals surface area (Å²) in [4.78, 5) is 2.19. The molecule has 6 nitrogen and oxygen atoms in total. The van der Waals surface area contributed by atoms with Gasteiger partial charge in [0.25, 0.3) is 0 Å². The van der Waals surface area contributed by atoms with Gasteiger partial charge in [0.15, 0.2) is 0 Å². The molecule has 3 rings (SSSR count). The molecule has 1 aliphatic heterocycles. The molecule has 1 fully saturated rings. The fourth-order valence-corrected chi connectivity index (χ4v) is 6.14. The smallest absolute Gasteiger partial charge is 0.247 e. The minimum absolute atomic E-state index is 0.0451. The van der Waals surface area contributed by atoms with E-state index in [1.165, 1.54) is 23.6 Å². The van der Waals surface area contributed by atoms with Gasteiger partial charge in [0.2, 0.25) is 10.0 Å². The number of hydrogen-bond acceptors (Lipinski definition) is 5. The second kappa shape index (κ2) is 10.4. The Balaban J connectivity index is 2.01. The number of aliphatic hydroxyl groups excluding tert-OH is 1. The summed E-state index contributed by atoms with van der Waals surface area (Å²) < 4.78 is 34.6. The highest BCUT2D eigenvalue weighted by molar-refractivity contribution is 7.89. The van der Waals surface area contributed by atoms with Gasteiger partial charge in [0.05, 0.1) is 6.61 Å². The Hall–Kier alpha value is -1.59. The lowest BCUT2D eigenvalue weighted by Gasteiger charge is -2.37. The summed E-state index contributed by atoms with van der Waals surface area (Å²) in [5, 5.41) is 9.70. The third-order valence-corrected chi connectivity index (χ3v) is 8.26. The molecule has 0 bridgehead atoms. The molecule has 0 aromatic heterocycles. The molecular weight excluding hydrogens is 412 g/mol. The first-order valence-corrected chi connectivity index (χ1v) is 12.8.